The maximum absolute atomic E-state index is 12.3. The summed E-state index contributed by atoms with van der Waals surface area (Å²) in [5.41, 5.74) is 1.15. The van der Waals surface area contributed by atoms with E-state index in [1.807, 2.05) is 6.92 Å². The molecule has 5 amide bonds. The molecule has 0 saturated heterocycles. The number of carboxylic acids is 1. The van der Waals surface area contributed by atoms with E-state index in [0.29, 0.717) is 30.1 Å². The number of benzene rings is 1. The largest absolute Gasteiger partial charge is 0.481 e. The van der Waals surface area contributed by atoms with Crippen LogP contribution in [-0.4, -0.2) is 66.3 Å². The van der Waals surface area contributed by atoms with Crippen molar-refractivity contribution in [1.82, 2.24) is 21.3 Å². The van der Waals surface area contributed by atoms with Gasteiger partial charge in [0, 0.05) is 24.5 Å². The first kappa shape index (κ1) is 27.8. The van der Waals surface area contributed by atoms with Crippen LogP contribution in [0.15, 0.2) is 24.3 Å². The zero-order valence-electron chi connectivity index (χ0n) is 18.5. The highest BCUT2D eigenvalue weighted by Gasteiger charge is 2.24. The molecule has 1 rings (SSSR count). The van der Waals surface area contributed by atoms with Crippen LogP contribution in [0.25, 0.3) is 0 Å². The van der Waals surface area contributed by atoms with Crippen LogP contribution in [-0.2, 0) is 25.6 Å². The summed E-state index contributed by atoms with van der Waals surface area (Å²) in [4.78, 5) is 59.0. The molecule has 0 aromatic heterocycles. The molecule has 0 fully saturated rings. The van der Waals surface area contributed by atoms with Crippen molar-refractivity contribution >= 4 is 48.0 Å². The summed E-state index contributed by atoms with van der Waals surface area (Å²) in [5.74, 6) is -2.64. The number of carbonyl (C=O) groups excluding carboxylic acids is 4. The third kappa shape index (κ3) is 12.4. The topological polar surface area (TPSA) is 166 Å². The molecule has 0 aliphatic carbocycles. The third-order valence-corrected chi connectivity index (χ3v) is 4.50. The molecule has 12 heteroatoms. The van der Waals surface area contributed by atoms with Gasteiger partial charge in [-0.1, -0.05) is 25.5 Å². The first-order chi connectivity index (χ1) is 15.7. The van der Waals surface area contributed by atoms with E-state index in [1.54, 1.807) is 24.3 Å². The zero-order chi connectivity index (χ0) is 24.6. The minimum atomic E-state index is -1.33. The molecule has 0 heterocycles. The van der Waals surface area contributed by atoms with Crippen molar-refractivity contribution in [3.63, 3.8) is 0 Å². The zero-order valence-corrected chi connectivity index (χ0v) is 19.4. The number of aliphatic carboxylic acids is 1. The average Bonchev–Trinajstić information content (AvgIpc) is 2.76. The molecular weight excluding hydrogens is 450 g/mol. The average molecular weight is 482 g/mol. The van der Waals surface area contributed by atoms with E-state index in [0.717, 1.165) is 12.8 Å². The van der Waals surface area contributed by atoms with Crippen LogP contribution in [0, 0.1) is 0 Å². The molecule has 0 aliphatic rings. The lowest BCUT2D eigenvalue weighted by atomic mass is 10.1. The lowest BCUT2D eigenvalue weighted by molar-refractivity contribution is -0.140. The van der Waals surface area contributed by atoms with Gasteiger partial charge in [-0.25, -0.2) is 4.79 Å². The quantitative estimate of drug-likeness (QED) is 0.149. The van der Waals surface area contributed by atoms with Gasteiger partial charge in [-0.05, 0) is 24.1 Å². The second-order valence-electron chi connectivity index (χ2n) is 7.12. The highest BCUT2D eigenvalue weighted by atomic mass is 32.1. The number of urea groups is 1. The molecule has 1 aromatic carbocycles. The van der Waals surface area contributed by atoms with Crippen molar-refractivity contribution < 1.29 is 29.1 Å². The van der Waals surface area contributed by atoms with Gasteiger partial charge < -0.3 is 31.7 Å². The monoisotopic (exact) mass is 481 g/mol. The van der Waals surface area contributed by atoms with Gasteiger partial charge >= 0.3 is 12.0 Å². The fourth-order valence-corrected chi connectivity index (χ4v) is 2.73. The Balaban J connectivity index is 2.59. The number of carboxylic acid groups (broad SMARTS) is 1. The van der Waals surface area contributed by atoms with E-state index < -0.39 is 36.2 Å². The molecule has 1 unspecified atom stereocenters. The number of anilines is 1. The van der Waals surface area contributed by atoms with Crippen molar-refractivity contribution in [1.29, 1.82) is 0 Å². The molecule has 11 nitrogen and oxygen atoms in total. The number of rotatable bonds is 14. The summed E-state index contributed by atoms with van der Waals surface area (Å²) in [6.07, 6.45) is 1.12. The standard InChI is InChI=1S/C21H31N5O6S/c1-2-3-8-23-21(32)25-15-6-4-14(5-7-15)11-17(27)26-16(12-19(29)30)20(31)24-13-18(28)22-9-10-33/h4-7,16,33H,2-3,8-13H2,1H3,(H,22,28)(H,24,31)(H,26,27)(H,29,30)(H2,23,25,32). The summed E-state index contributed by atoms with van der Waals surface area (Å²) in [6.45, 7) is 2.57. The molecule has 6 N–H and O–H groups in total. The Morgan fingerprint density at radius 2 is 1.67 bits per heavy atom. The van der Waals surface area contributed by atoms with Crippen LogP contribution in [0.3, 0.4) is 0 Å². The highest BCUT2D eigenvalue weighted by Crippen LogP contribution is 2.10. The minimum absolute atomic E-state index is 0.102. The maximum Gasteiger partial charge on any atom is 0.319 e. The van der Waals surface area contributed by atoms with Gasteiger partial charge in [0.15, 0.2) is 0 Å². The van der Waals surface area contributed by atoms with Gasteiger partial charge in [0.2, 0.25) is 17.7 Å². The molecule has 33 heavy (non-hydrogen) atoms. The predicted molar refractivity (Wildman–Crippen MR) is 126 cm³/mol. The molecule has 0 aliphatic heterocycles. The Hall–Kier alpha value is -3.28. The summed E-state index contributed by atoms with van der Waals surface area (Å²) < 4.78 is 0. The molecule has 0 saturated carbocycles. The van der Waals surface area contributed by atoms with Crippen LogP contribution in [0.2, 0.25) is 0 Å². The SMILES string of the molecule is CCCCNC(=O)Nc1ccc(CC(=O)NC(CC(=O)O)C(=O)NCC(=O)NCCS)cc1. The Labute approximate surface area is 197 Å². The first-order valence-corrected chi connectivity index (χ1v) is 11.2. The smallest absolute Gasteiger partial charge is 0.319 e. The van der Waals surface area contributed by atoms with Crippen molar-refractivity contribution in [3.8, 4) is 0 Å². The van der Waals surface area contributed by atoms with Crippen LogP contribution >= 0.6 is 12.6 Å². The summed E-state index contributed by atoms with van der Waals surface area (Å²) in [6, 6.07) is 4.88. The van der Waals surface area contributed by atoms with E-state index in [1.165, 1.54) is 0 Å². The van der Waals surface area contributed by atoms with Gasteiger partial charge in [0.25, 0.3) is 0 Å². The number of nitrogens with one attached hydrogen (secondary N) is 5. The maximum atomic E-state index is 12.3. The predicted octanol–water partition coefficient (Wildman–Crippen LogP) is 0.272. The summed E-state index contributed by atoms with van der Waals surface area (Å²) >= 11 is 3.95. The minimum Gasteiger partial charge on any atom is -0.481 e. The van der Waals surface area contributed by atoms with Crippen LogP contribution in [0.1, 0.15) is 31.7 Å². The fraction of sp³-hybridized carbons (Fsp3) is 0.476. The van der Waals surface area contributed by atoms with Crippen molar-refractivity contribution in [2.45, 2.75) is 38.6 Å². The van der Waals surface area contributed by atoms with Gasteiger partial charge in [-0.2, -0.15) is 12.6 Å². The van der Waals surface area contributed by atoms with Gasteiger partial charge in [-0.3, -0.25) is 19.2 Å². The van der Waals surface area contributed by atoms with E-state index >= 15 is 0 Å². The Bertz CT molecular complexity index is 818. The van der Waals surface area contributed by atoms with Crippen molar-refractivity contribution in [2.75, 3.05) is 30.7 Å². The molecule has 0 bridgehead atoms. The lowest BCUT2D eigenvalue weighted by Crippen LogP contribution is -2.50. The Morgan fingerprint density at radius 3 is 2.27 bits per heavy atom. The van der Waals surface area contributed by atoms with Gasteiger partial charge in [-0.15, -0.1) is 0 Å². The van der Waals surface area contributed by atoms with Crippen LogP contribution < -0.4 is 26.6 Å². The Morgan fingerprint density at radius 1 is 0.970 bits per heavy atom. The molecule has 0 radical (unpaired) electrons. The van der Waals surface area contributed by atoms with Gasteiger partial charge in [0.05, 0.1) is 19.4 Å². The van der Waals surface area contributed by atoms with E-state index in [2.05, 4.69) is 39.2 Å². The van der Waals surface area contributed by atoms with E-state index in [9.17, 15) is 24.0 Å². The van der Waals surface area contributed by atoms with Gasteiger partial charge in [0.1, 0.15) is 6.04 Å². The molecule has 0 spiro atoms. The fourth-order valence-electron chi connectivity index (χ4n) is 2.62. The third-order valence-electron chi connectivity index (χ3n) is 4.28. The second-order valence-corrected chi connectivity index (χ2v) is 7.56. The van der Waals surface area contributed by atoms with Crippen molar-refractivity contribution in [2.24, 2.45) is 0 Å². The molecular formula is C21H31N5O6S. The second kappa shape index (κ2) is 15.5. The molecule has 182 valence electrons. The number of hydrogen-bond donors (Lipinski definition) is 7. The van der Waals surface area contributed by atoms with Crippen molar-refractivity contribution in [3.05, 3.63) is 29.8 Å². The normalized spacial score (nSPS) is 11.1. The molecule has 1 aromatic rings. The van der Waals surface area contributed by atoms with Crippen LogP contribution in [0.5, 0.6) is 0 Å². The number of carbonyl (C=O) groups is 5. The van der Waals surface area contributed by atoms with Crippen LogP contribution in [0.4, 0.5) is 10.5 Å². The van der Waals surface area contributed by atoms with E-state index in [-0.39, 0.29) is 19.0 Å². The molecule has 1 atom stereocenters. The summed E-state index contributed by atoms with van der Waals surface area (Å²) in [5, 5.41) is 21.6. The summed E-state index contributed by atoms with van der Waals surface area (Å²) in [7, 11) is 0. The number of unbranched alkanes of at least 4 members (excludes halogenated alkanes) is 1. The first-order valence-electron chi connectivity index (χ1n) is 10.5. The highest BCUT2D eigenvalue weighted by molar-refractivity contribution is 7.80. The number of hydrogen-bond acceptors (Lipinski definition) is 6. The van der Waals surface area contributed by atoms with E-state index in [4.69, 9.17) is 5.11 Å². The number of amides is 5. The lowest BCUT2D eigenvalue weighted by Gasteiger charge is -2.17. The number of thiol groups is 1. The Kier molecular flexibility index (Phi) is 13.0.